The Morgan fingerprint density at radius 3 is 2.67 bits per heavy atom. The van der Waals surface area contributed by atoms with Gasteiger partial charge in [-0.1, -0.05) is 23.0 Å². The third kappa shape index (κ3) is 2.17. The van der Waals surface area contributed by atoms with E-state index in [0.717, 1.165) is 42.4 Å². The molecular weight excluding hydrogens is 302 g/mol. The summed E-state index contributed by atoms with van der Waals surface area (Å²) in [5.41, 5.74) is 2.16. The first-order chi connectivity index (χ1) is 11.6. The molecule has 1 aromatic carbocycles. The molecule has 0 aliphatic carbocycles. The van der Waals surface area contributed by atoms with Crippen LogP contribution in [0, 0.1) is 0 Å². The molecule has 0 saturated carbocycles. The van der Waals surface area contributed by atoms with Crippen LogP contribution < -0.4 is 4.59 Å². The maximum atomic E-state index is 12.4. The number of piperidine rings is 1. The SMILES string of the molecule is CC(=O)[N+]1(n2cnc(-c3cn(C)c4ccccc34)n2)CCCCC1. The summed E-state index contributed by atoms with van der Waals surface area (Å²) < 4.78 is 2.35. The van der Waals surface area contributed by atoms with E-state index in [-0.39, 0.29) is 10.5 Å². The molecule has 6 nitrogen and oxygen atoms in total. The van der Waals surface area contributed by atoms with Crippen molar-refractivity contribution >= 4 is 16.8 Å². The van der Waals surface area contributed by atoms with Gasteiger partial charge in [-0.2, -0.15) is 0 Å². The van der Waals surface area contributed by atoms with Gasteiger partial charge >= 0.3 is 5.91 Å². The minimum atomic E-state index is 0.129. The molecule has 124 valence electrons. The van der Waals surface area contributed by atoms with Crippen molar-refractivity contribution < 1.29 is 4.79 Å². The normalized spacial score (nSPS) is 17.2. The summed E-state index contributed by atoms with van der Waals surface area (Å²) in [7, 11) is 2.02. The predicted molar refractivity (Wildman–Crippen MR) is 93.7 cm³/mol. The summed E-state index contributed by atoms with van der Waals surface area (Å²) in [6, 6.07) is 8.23. The Hall–Kier alpha value is -2.47. The second-order valence-corrected chi connectivity index (χ2v) is 6.61. The van der Waals surface area contributed by atoms with Crippen LogP contribution in [0.15, 0.2) is 36.8 Å². The fourth-order valence-electron chi connectivity index (χ4n) is 3.78. The summed E-state index contributed by atoms with van der Waals surface area (Å²) in [5.74, 6) is 0.806. The minimum absolute atomic E-state index is 0.129. The molecule has 3 aromatic rings. The van der Waals surface area contributed by atoms with Gasteiger partial charge in [-0.15, -0.1) is 9.69 Å². The molecule has 1 amide bonds. The number of hydrogen-bond donors (Lipinski definition) is 0. The van der Waals surface area contributed by atoms with E-state index in [9.17, 15) is 4.79 Å². The third-order valence-electron chi connectivity index (χ3n) is 5.15. The molecule has 1 saturated heterocycles. The fourth-order valence-corrected chi connectivity index (χ4v) is 3.78. The summed E-state index contributed by atoms with van der Waals surface area (Å²) in [5, 5.41) is 5.84. The van der Waals surface area contributed by atoms with E-state index < -0.39 is 0 Å². The highest BCUT2D eigenvalue weighted by atomic mass is 16.2. The molecule has 0 bridgehead atoms. The zero-order chi connectivity index (χ0) is 16.7. The van der Waals surface area contributed by atoms with Crippen LogP contribution in [-0.2, 0) is 11.8 Å². The number of fused-ring (bicyclic) bond motifs is 1. The molecule has 0 unspecified atom stereocenters. The number of nitrogens with zero attached hydrogens (tertiary/aromatic N) is 5. The summed E-state index contributed by atoms with van der Waals surface area (Å²) in [4.78, 5) is 18.6. The Labute approximate surface area is 140 Å². The van der Waals surface area contributed by atoms with Gasteiger partial charge in [0.15, 0.2) is 12.2 Å². The number of para-hydroxylation sites is 1. The van der Waals surface area contributed by atoms with Crippen LogP contribution in [0.25, 0.3) is 22.3 Å². The van der Waals surface area contributed by atoms with Crippen molar-refractivity contribution in [1.29, 1.82) is 0 Å². The van der Waals surface area contributed by atoms with Crippen molar-refractivity contribution in [2.45, 2.75) is 26.2 Å². The first-order valence-electron chi connectivity index (χ1n) is 8.47. The van der Waals surface area contributed by atoms with E-state index in [1.165, 1.54) is 6.42 Å². The number of likely N-dealkylation sites (tertiary alicyclic amines) is 1. The van der Waals surface area contributed by atoms with Gasteiger partial charge in [0.05, 0.1) is 6.92 Å². The molecule has 1 aliphatic heterocycles. The van der Waals surface area contributed by atoms with Crippen LogP contribution in [0.1, 0.15) is 26.2 Å². The highest BCUT2D eigenvalue weighted by Gasteiger charge is 2.39. The van der Waals surface area contributed by atoms with Gasteiger partial charge in [0.25, 0.3) is 0 Å². The molecule has 0 atom stereocenters. The molecule has 0 spiro atoms. The Kier molecular flexibility index (Phi) is 3.49. The molecule has 4 rings (SSSR count). The predicted octanol–water partition coefficient (Wildman–Crippen LogP) is 2.61. The average Bonchev–Trinajstić information content (AvgIpc) is 3.21. The van der Waals surface area contributed by atoms with Crippen molar-refractivity contribution in [1.82, 2.24) is 24.0 Å². The molecule has 24 heavy (non-hydrogen) atoms. The molecule has 3 heterocycles. The fraction of sp³-hybridized carbons (Fsp3) is 0.389. The van der Waals surface area contributed by atoms with Gasteiger partial charge in [0, 0.05) is 29.7 Å². The molecule has 2 aromatic heterocycles. The van der Waals surface area contributed by atoms with Crippen molar-refractivity contribution in [3.8, 4) is 11.4 Å². The number of benzene rings is 1. The Morgan fingerprint density at radius 1 is 1.17 bits per heavy atom. The first-order valence-corrected chi connectivity index (χ1v) is 8.47. The number of quaternary nitrogens is 1. The number of hydrogen-bond acceptors (Lipinski definition) is 3. The van der Waals surface area contributed by atoms with E-state index in [0.29, 0.717) is 5.82 Å². The van der Waals surface area contributed by atoms with Gasteiger partial charge in [0.1, 0.15) is 13.1 Å². The lowest BCUT2D eigenvalue weighted by molar-refractivity contribution is -0.137. The van der Waals surface area contributed by atoms with Crippen LogP contribution >= 0.6 is 0 Å². The lowest BCUT2D eigenvalue weighted by Gasteiger charge is -2.35. The molecule has 0 N–H and O–H groups in total. The molecular formula is C18H22N5O+. The number of carbonyl (C=O) groups excluding carboxylic acids is 1. The highest BCUT2D eigenvalue weighted by molar-refractivity contribution is 5.94. The molecule has 1 fully saturated rings. The van der Waals surface area contributed by atoms with Gasteiger partial charge in [0.2, 0.25) is 0 Å². The van der Waals surface area contributed by atoms with E-state index in [2.05, 4.69) is 27.9 Å². The smallest absolute Gasteiger partial charge is 0.336 e. The summed E-state index contributed by atoms with van der Waals surface area (Å²) in [6.45, 7) is 3.26. The molecule has 6 heteroatoms. The van der Waals surface area contributed by atoms with Crippen LogP contribution in [0.5, 0.6) is 0 Å². The Balaban J connectivity index is 1.80. The second-order valence-electron chi connectivity index (χ2n) is 6.61. The zero-order valence-electron chi connectivity index (χ0n) is 14.1. The van der Waals surface area contributed by atoms with E-state index in [1.807, 2.05) is 19.2 Å². The summed E-state index contributed by atoms with van der Waals surface area (Å²) in [6.07, 6.45) is 7.03. The second kappa shape index (κ2) is 5.56. The topological polar surface area (TPSA) is 52.7 Å². The maximum absolute atomic E-state index is 12.4. The van der Waals surface area contributed by atoms with E-state index in [1.54, 1.807) is 18.0 Å². The maximum Gasteiger partial charge on any atom is 0.336 e. The summed E-state index contributed by atoms with van der Waals surface area (Å²) >= 11 is 0. The van der Waals surface area contributed by atoms with Crippen LogP contribution in [-0.4, -0.2) is 38.4 Å². The van der Waals surface area contributed by atoms with Gasteiger partial charge in [-0.3, -0.25) is 0 Å². The minimum Gasteiger partial charge on any atom is -0.350 e. The Bertz CT molecular complexity index is 901. The number of aromatic nitrogens is 4. The van der Waals surface area contributed by atoms with Gasteiger partial charge in [-0.25, -0.2) is 9.78 Å². The highest BCUT2D eigenvalue weighted by Crippen LogP contribution is 2.28. The van der Waals surface area contributed by atoms with Gasteiger partial charge in [-0.05, 0) is 25.3 Å². The van der Waals surface area contributed by atoms with E-state index >= 15 is 0 Å². The average molecular weight is 324 g/mol. The number of aryl methyl sites for hydroxylation is 1. The lowest BCUT2D eigenvalue weighted by atomic mass is 10.1. The zero-order valence-corrected chi connectivity index (χ0v) is 14.1. The number of amides is 1. The van der Waals surface area contributed by atoms with Crippen LogP contribution in [0.3, 0.4) is 0 Å². The van der Waals surface area contributed by atoms with Crippen molar-refractivity contribution in [2.75, 3.05) is 13.1 Å². The van der Waals surface area contributed by atoms with Gasteiger partial charge < -0.3 is 4.57 Å². The largest absolute Gasteiger partial charge is 0.350 e. The van der Waals surface area contributed by atoms with Crippen molar-refractivity contribution in [2.24, 2.45) is 7.05 Å². The van der Waals surface area contributed by atoms with Crippen molar-refractivity contribution in [3.05, 3.63) is 36.8 Å². The number of carbonyl (C=O) groups is 1. The Morgan fingerprint density at radius 2 is 1.92 bits per heavy atom. The first kappa shape index (κ1) is 15.1. The molecule has 0 radical (unpaired) electrons. The molecule has 1 aliphatic rings. The number of rotatable bonds is 2. The standard InChI is InChI=1S/C18H22N5O/c1-14(24)23(10-6-3-7-11-23)22-13-19-18(20-22)16-12-21(2)17-9-5-4-8-15(16)17/h4-5,8-9,12-13H,3,6-7,10-11H2,1-2H3/q+1. The lowest BCUT2D eigenvalue weighted by Crippen LogP contribution is -2.64. The van der Waals surface area contributed by atoms with Crippen molar-refractivity contribution in [3.63, 3.8) is 0 Å². The van der Waals surface area contributed by atoms with Crippen LogP contribution in [0.4, 0.5) is 0 Å². The van der Waals surface area contributed by atoms with E-state index in [4.69, 9.17) is 5.10 Å². The third-order valence-corrected chi connectivity index (χ3v) is 5.15. The van der Waals surface area contributed by atoms with Crippen LogP contribution in [0.2, 0.25) is 0 Å². The quantitative estimate of drug-likeness (QED) is 0.681. The monoisotopic (exact) mass is 324 g/mol.